The molecule has 3 N–H and O–H groups in total. The Balaban J connectivity index is 1.88. The van der Waals surface area contributed by atoms with Crippen molar-refractivity contribution >= 4 is 5.96 Å². The van der Waals surface area contributed by atoms with Gasteiger partial charge >= 0.3 is 0 Å². The first-order valence-electron chi connectivity index (χ1n) is 10.2. The Bertz CT molecular complexity index is 567. The van der Waals surface area contributed by atoms with Crippen molar-refractivity contribution in [3.8, 4) is 0 Å². The Morgan fingerprint density at radius 1 is 1.15 bits per heavy atom. The lowest BCUT2D eigenvalue weighted by molar-refractivity contribution is 0.0672. The van der Waals surface area contributed by atoms with E-state index in [4.69, 9.17) is 0 Å². The monoisotopic (exact) mass is 375 g/mol. The van der Waals surface area contributed by atoms with E-state index in [1.54, 1.807) is 0 Å². The van der Waals surface area contributed by atoms with E-state index in [-0.39, 0.29) is 0 Å². The summed E-state index contributed by atoms with van der Waals surface area (Å²) in [6.07, 6.45) is 0. The van der Waals surface area contributed by atoms with Gasteiger partial charge in [0.05, 0.1) is 6.54 Å². The molecule has 0 spiro atoms. The fourth-order valence-corrected chi connectivity index (χ4v) is 3.36. The van der Waals surface area contributed by atoms with Crippen molar-refractivity contribution in [2.75, 3.05) is 52.4 Å². The smallest absolute Gasteiger partial charge is 0.191 e. The fraction of sp³-hybridized carbons (Fsp3) is 0.667. The summed E-state index contributed by atoms with van der Waals surface area (Å²) in [5, 5.41) is 17.5. The van der Waals surface area contributed by atoms with Crippen LogP contribution in [0, 0.1) is 0 Å². The number of guanidine groups is 1. The summed E-state index contributed by atoms with van der Waals surface area (Å²) >= 11 is 0. The van der Waals surface area contributed by atoms with Gasteiger partial charge < -0.3 is 20.6 Å². The van der Waals surface area contributed by atoms with Gasteiger partial charge in [-0.15, -0.1) is 0 Å². The lowest BCUT2D eigenvalue weighted by Gasteiger charge is -2.37. The van der Waals surface area contributed by atoms with E-state index >= 15 is 0 Å². The van der Waals surface area contributed by atoms with Crippen molar-refractivity contribution in [3.63, 3.8) is 0 Å². The molecule has 6 nitrogen and oxygen atoms in total. The van der Waals surface area contributed by atoms with Crippen molar-refractivity contribution in [1.82, 2.24) is 20.4 Å². The van der Waals surface area contributed by atoms with Crippen LogP contribution in [0.25, 0.3) is 0 Å². The molecule has 0 aliphatic carbocycles. The summed E-state index contributed by atoms with van der Waals surface area (Å²) in [5.41, 5.74) is -0.0992. The van der Waals surface area contributed by atoms with Gasteiger partial charge in [-0.05, 0) is 32.9 Å². The predicted octanol–water partition coefficient (Wildman–Crippen LogP) is 1.48. The third-order valence-corrected chi connectivity index (χ3v) is 5.33. The molecule has 0 aromatic heterocycles. The van der Waals surface area contributed by atoms with Crippen LogP contribution in [-0.2, 0) is 5.60 Å². The number of nitrogens with zero attached hydrogens (tertiary/aromatic N) is 3. The highest BCUT2D eigenvalue weighted by Crippen LogP contribution is 2.20. The molecule has 1 aromatic rings. The number of rotatable bonds is 8. The first-order chi connectivity index (χ1) is 13.0. The minimum Gasteiger partial charge on any atom is -0.384 e. The van der Waals surface area contributed by atoms with Crippen LogP contribution in [0.2, 0.25) is 0 Å². The molecule has 6 heteroatoms. The van der Waals surface area contributed by atoms with Crippen LogP contribution in [0.3, 0.4) is 0 Å². The van der Waals surface area contributed by atoms with Crippen molar-refractivity contribution in [2.24, 2.45) is 4.99 Å². The minimum absolute atomic E-state index is 0.315. The quantitative estimate of drug-likeness (QED) is 0.474. The molecular formula is C21H37N5O. The van der Waals surface area contributed by atoms with Crippen molar-refractivity contribution < 1.29 is 5.11 Å². The summed E-state index contributed by atoms with van der Waals surface area (Å²) in [6, 6.07) is 10.2. The standard InChI is InChI=1S/C21H37N5O/c1-5-22-20(24-17-21(4,27)19-10-8-7-9-11-19)23-16-18(3)26-14-12-25(6-2)13-15-26/h7-11,18,27H,5-6,12-17H2,1-4H3,(H2,22,23,24). The van der Waals surface area contributed by atoms with E-state index in [0.29, 0.717) is 12.6 Å². The number of likely N-dealkylation sites (N-methyl/N-ethyl adjacent to an activating group) is 1. The Labute approximate surface area is 164 Å². The molecule has 1 heterocycles. The largest absolute Gasteiger partial charge is 0.384 e. The maximum absolute atomic E-state index is 10.8. The number of aliphatic imine (C=N–C) groups is 1. The highest BCUT2D eigenvalue weighted by molar-refractivity contribution is 5.79. The third kappa shape index (κ3) is 6.79. The van der Waals surface area contributed by atoms with Gasteiger partial charge in [0.15, 0.2) is 5.96 Å². The van der Waals surface area contributed by atoms with Crippen LogP contribution in [0.1, 0.15) is 33.3 Å². The maximum Gasteiger partial charge on any atom is 0.191 e. The zero-order chi connectivity index (χ0) is 19.7. The second-order valence-corrected chi connectivity index (χ2v) is 7.54. The molecule has 1 aromatic carbocycles. The number of nitrogens with one attached hydrogen (secondary N) is 2. The Hall–Kier alpha value is -1.63. The Morgan fingerprint density at radius 3 is 2.41 bits per heavy atom. The first kappa shape index (κ1) is 21.7. The second-order valence-electron chi connectivity index (χ2n) is 7.54. The molecule has 0 radical (unpaired) electrons. The normalized spacial score (nSPS) is 20.1. The van der Waals surface area contributed by atoms with E-state index in [9.17, 15) is 5.11 Å². The zero-order valence-corrected chi connectivity index (χ0v) is 17.4. The molecule has 1 aliphatic heterocycles. The highest BCUT2D eigenvalue weighted by Gasteiger charge is 2.23. The first-order valence-corrected chi connectivity index (χ1v) is 10.2. The van der Waals surface area contributed by atoms with Gasteiger partial charge in [-0.2, -0.15) is 0 Å². The van der Waals surface area contributed by atoms with Crippen LogP contribution >= 0.6 is 0 Å². The van der Waals surface area contributed by atoms with Gasteiger partial charge in [-0.3, -0.25) is 4.90 Å². The average molecular weight is 376 g/mol. The van der Waals surface area contributed by atoms with E-state index in [2.05, 4.69) is 46.2 Å². The molecule has 1 fully saturated rings. The SMILES string of the molecule is CCNC(=NCC(C)(O)c1ccccc1)NCC(C)N1CCN(CC)CC1. The molecule has 1 saturated heterocycles. The zero-order valence-electron chi connectivity index (χ0n) is 17.4. The van der Waals surface area contributed by atoms with Crippen molar-refractivity contribution in [3.05, 3.63) is 35.9 Å². The number of benzene rings is 1. The molecule has 2 rings (SSSR count). The van der Waals surface area contributed by atoms with Gasteiger partial charge in [0, 0.05) is 45.3 Å². The second kappa shape index (κ2) is 10.6. The van der Waals surface area contributed by atoms with E-state index < -0.39 is 5.60 Å². The molecule has 27 heavy (non-hydrogen) atoms. The van der Waals surface area contributed by atoms with Gasteiger partial charge in [-0.1, -0.05) is 37.3 Å². The lowest BCUT2D eigenvalue weighted by atomic mass is 9.96. The molecule has 2 unspecified atom stereocenters. The predicted molar refractivity (Wildman–Crippen MR) is 113 cm³/mol. The fourth-order valence-electron chi connectivity index (χ4n) is 3.36. The van der Waals surface area contributed by atoms with Crippen LogP contribution in [0.15, 0.2) is 35.3 Å². The van der Waals surface area contributed by atoms with Crippen LogP contribution in [0.5, 0.6) is 0 Å². The van der Waals surface area contributed by atoms with Crippen molar-refractivity contribution in [2.45, 2.75) is 39.3 Å². The van der Waals surface area contributed by atoms with E-state index in [0.717, 1.165) is 57.3 Å². The lowest BCUT2D eigenvalue weighted by Crippen LogP contribution is -2.53. The van der Waals surface area contributed by atoms with E-state index in [1.807, 2.05) is 37.3 Å². The van der Waals surface area contributed by atoms with Crippen LogP contribution in [0.4, 0.5) is 0 Å². The van der Waals surface area contributed by atoms with Gasteiger partial charge in [-0.25, -0.2) is 4.99 Å². The summed E-state index contributed by atoms with van der Waals surface area (Å²) < 4.78 is 0. The number of hydrogen-bond donors (Lipinski definition) is 3. The summed E-state index contributed by atoms with van der Waals surface area (Å²) in [7, 11) is 0. The number of aliphatic hydroxyl groups is 1. The topological polar surface area (TPSA) is 63.1 Å². The Kier molecular flexibility index (Phi) is 8.54. The molecule has 152 valence electrons. The molecule has 2 atom stereocenters. The maximum atomic E-state index is 10.8. The minimum atomic E-state index is -0.980. The highest BCUT2D eigenvalue weighted by atomic mass is 16.3. The summed E-state index contributed by atoms with van der Waals surface area (Å²) in [5.74, 6) is 0.757. The average Bonchev–Trinajstić information content (AvgIpc) is 2.70. The van der Waals surface area contributed by atoms with Crippen LogP contribution in [-0.4, -0.2) is 79.3 Å². The Morgan fingerprint density at radius 2 is 1.81 bits per heavy atom. The summed E-state index contributed by atoms with van der Waals surface area (Å²) in [6.45, 7) is 16.0. The molecule has 0 saturated carbocycles. The third-order valence-electron chi connectivity index (χ3n) is 5.33. The van der Waals surface area contributed by atoms with Gasteiger partial charge in [0.2, 0.25) is 0 Å². The number of hydrogen-bond acceptors (Lipinski definition) is 4. The van der Waals surface area contributed by atoms with Gasteiger partial charge in [0.1, 0.15) is 5.60 Å². The molecule has 0 amide bonds. The summed E-state index contributed by atoms with van der Waals surface area (Å²) in [4.78, 5) is 9.65. The molecule has 1 aliphatic rings. The van der Waals surface area contributed by atoms with E-state index in [1.165, 1.54) is 0 Å². The number of piperazine rings is 1. The molecule has 0 bridgehead atoms. The van der Waals surface area contributed by atoms with Crippen molar-refractivity contribution in [1.29, 1.82) is 0 Å². The molecular weight excluding hydrogens is 338 g/mol. The van der Waals surface area contributed by atoms with Gasteiger partial charge in [0.25, 0.3) is 0 Å². The van der Waals surface area contributed by atoms with Crippen LogP contribution < -0.4 is 10.6 Å².